The summed E-state index contributed by atoms with van der Waals surface area (Å²) in [6, 6.07) is 10.6. The number of nitrogens with two attached hydrogens (primary N) is 1. The molecule has 2 fully saturated rings. The maximum absolute atomic E-state index is 11.4. The maximum Gasteiger partial charge on any atom is 0.221 e. The van der Waals surface area contributed by atoms with E-state index in [9.17, 15) is 4.79 Å². The fourth-order valence-electron chi connectivity index (χ4n) is 3.66. The molecular weight excluding hydrogens is 370 g/mol. The average molecular weight is 404 g/mol. The number of amides is 1. The lowest BCUT2D eigenvalue weighted by atomic mass is 9.97. The van der Waals surface area contributed by atoms with Gasteiger partial charge < -0.3 is 21.3 Å². The van der Waals surface area contributed by atoms with Gasteiger partial charge in [0.2, 0.25) is 5.91 Å². The first-order chi connectivity index (χ1) is 13.6. The van der Waals surface area contributed by atoms with E-state index in [1.54, 1.807) is 0 Å². The second-order valence-electron chi connectivity index (χ2n) is 7.85. The third kappa shape index (κ3) is 6.41. The number of likely N-dealkylation sites (tertiary alicyclic amines) is 1. The van der Waals surface area contributed by atoms with Gasteiger partial charge in [-0.1, -0.05) is 18.2 Å². The van der Waals surface area contributed by atoms with E-state index in [1.165, 1.54) is 17.7 Å². The molecule has 1 aromatic rings. The number of primary amides is 1. The van der Waals surface area contributed by atoms with E-state index >= 15 is 0 Å². The van der Waals surface area contributed by atoms with Crippen LogP contribution in [-0.4, -0.2) is 61.3 Å². The first kappa shape index (κ1) is 21.0. The van der Waals surface area contributed by atoms with Gasteiger partial charge in [-0.15, -0.1) is 11.8 Å². The Hall–Kier alpha value is -1.73. The van der Waals surface area contributed by atoms with Crippen molar-refractivity contribution in [3.05, 3.63) is 30.3 Å². The van der Waals surface area contributed by atoms with Crippen LogP contribution in [0, 0.1) is 5.92 Å². The molecule has 0 aromatic heterocycles. The van der Waals surface area contributed by atoms with Gasteiger partial charge in [-0.25, -0.2) is 0 Å². The minimum absolute atomic E-state index is 0.0213. The van der Waals surface area contributed by atoms with E-state index in [0.29, 0.717) is 4.75 Å². The zero-order valence-electron chi connectivity index (χ0n) is 16.8. The molecule has 154 valence electrons. The molecule has 7 heteroatoms. The molecule has 1 saturated carbocycles. The summed E-state index contributed by atoms with van der Waals surface area (Å²) in [5.41, 5.74) is 5.46. The van der Waals surface area contributed by atoms with E-state index in [1.807, 2.05) is 18.8 Å². The first-order valence-corrected chi connectivity index (χ1v) is 11.1. The van der Waals surface area contributed by atoms with Crippen molar-refractivity contribution >= 4 is 23.6 Å². The van der Waals surface area contributed by atoms with Crippen molar-refractivity contribution in [3.63, 3.8) is 0 Å². The molecule has 3 rings (SSSR count). The van der Waals surface area contributed by atoms with Crippen LogP contribution in [0.1, 0.15) is 32.1 Å². The predicted octanol–water partition coefficient (Wildman–Crippen LogP) is 2.06. The van der Waals surface area contributed by atoms with Gasteiger partial charge in [-0.05, 0) is 57.3 Å². The van der Waals surface area contributed by atoms with Crippen LogP contribution in [0.3, 0.4) is 0 Å². The molecule has 2 aliphatic rings. The number of thioether (sulfide) groups is 1. The third-order valence-corrected chi connectivity index (χ3v) is 7.03. The number of carbonyl (C=O) groups excluding carboxylic acids is 1. The molecule has 1 heterocycles. The normalized spacial score (nSPS) is 21.9. The van der Waals surface area contributed by atoms with Crippen LogP contribution in [0.25, 0.3) is 0 Å². The second-order valence-corrected chi connectivity index (χ2v) is 9.39. The van der Waals surface area contributed by atoms with Crippen molar-refractivity contribution in [2.24, 2.45) is 16.6 Å². The van der Waals surface area contributed by atoms with Gasteiger partial charge in [0, 0.05) is 36.3 Å². The number of nitrogens with one attached hydrogen (secondary N) is 2. The van der Waals surface area contributed by atoms with Crippen LogP contribution in [0.4, 0.5) is 0 Å². The summed E-state index contributed by atoms with van der Waals surface area (Å²) in [7, 11) is 1.82. The van der Waals surface area contributed by atoms with Gasteiger partial charge in [0.15, 0.2) is 5.96 Å². The van der Waals surface area contributed by atoms with Gasteiger partial charge in [-0.3, -0.25) is 9.79 Å². The number of carbonyl (C=O) groups is 1. The number of rotatable bonds is 9. The second kappa shape index (κ2) is 10.2. The molecule has 1 atom stereocenters. The van der Waals surface area contributed by atoms with Gasteiger partial charge in [0.25, 0.3) is 0 Å². The highest BCUT2D eigenvalue weighted by atomic mass is 32.2. The summed E-state index contributed by atoms with van der Waals surface area (Å²) >= 11 is 1.97. The lowest BCUT2D eigenvalue weighted by Gasteiger charge is -2.31. The number of benzene rings is 1. The largest absolute Gasteiger partial charge is 0.369 e. The average Bonchev–Trinajstić information content (AvgIpc) is 3.48. The summed E-state index contributed by atoms with van der Waals surface area (Å²) in [6.45, 7) is 4.66. The van der Waals surface area contributed by atoms with Crippen molar-refractivity contribution in [3.8, 4) is 0 Å². The maximum atomic E-state index is 11.4. The number of hydrogen-bond acceptors (Lipinski definition) is 4. The van der Waals surface area contributed by atoms with Gasteiger partial charge in [0.1, 0.15) is 0 Å². The first-order valence-electron chi connectivity index (χ1n) is 10.3. The Kier molecular flexibility index (Phi) is 7.62. The summed E-state index contributed by atoms with van der Waals surface area (Å²) in [4.78, 5) is 19.4. The Bertz CT molecular complexity index is 662. The van der Waals surface area contributed by atoms with Gasteiger partial charge >= 0.3 is 0 Å². The molecular formula is C21H33N5OS. The van der Waals surface area contributed by atoms with Crippen LogP contribution in [0.5, 0.6) is 0 Å². The molecule has 0 spiro atoms. The Morgan fingerprint density at radius 1 is 1.32 bits per heavy atom. The van der Waals surface area contributed by atoms with Crippen molar-refractivity contribution in [1.29, 1.82) is 0 Å². The molecule has 1 aliphatic carbocycles. The Balaban J connectivity index is 1.33. The Morgan fingerprint density at radius 2 is 2.11 bits per heavy atom. The van der Waals surface area contributed by atoms with Crippen molar-refractivity contribution in [2.75, 3.05) is 39.8 Å². The quantitative estimate of drug-likeness (QED) is 0.334. The summed E-state index contributed by atoms with van der Waals surface area (Å²) < 4.78 is 0.302. The zero-order valence-corrected chi connectivity index (χ0v) is 17.6. The van der Waals surface area contributed by atoms with E-state index in [-0.39, 0.29) is 11.8 Å². The predicted molar refractivity (Wildman–Crippen MR) is 117 cm³/mol. The van der Waals surface area contributed by atoms with Crippen LogP contribution < -0.4 is 16.4 Å². The van der Waals surface area contributed by atoms with E-state index in [2.05, 4.69) is 50.9 Å². The highest BCUT2D eigenvalue weighted by molar-refractivity contribution is 8.01. The van der Waals surface area contributed by atoms with Crippen molar-refractivity contribution in [2.45, 2.75) is 41.7 Å². The minimum Gasteiger partial charge on any atom is -0.369 e. The highest BCUT2D eigenvalue weighted by Gasteiger charge is 2.43. The number of nitrogens with zero attached hydrogens (tertiary/aromatic N) is 2. The van der Waals surface area contributed by atoms with Crippen LogP contribution in [0.2, 0.25) is 0 Å². The third-order valence-electron chi connectivity index (χ3n) is 5.54. The summed E-state index contributed by atoms with van der Waals surface area (Å²) in [5, 5.41) is 6.91. The van der Waals surface area contributed by atoms with E-state index in [4.69, 9.17) is 5.73 Å². The Morgan fingerprint density at radius 3 is 2.79 bits per heavy atom. The molecule has 1 unspecified atom stereocenters. The fraction of sp³-hybridized carbons (Fsp3) is 0.619. The molecule has 4 N–H and O–H groups in total. The van der Waals surface area contributed by atoms with E-state index < -0.39 is 0 Å². The lowest BCUT2D eigenvalue weighted by molar-refractivity contribution is -0.123. The standard InChI is InChI=1S/C21H33N5OS/c1-23-20(24-12-6-14-26-13-5-7-17(15-26)19(22)27)25-16-21(10-11-21)28-18-8-3-2-4-9-18/h2-4,8-9,17H,5-7,10-16H2,1H3,(H2,22,27)(H2,23,24,25). The summed E-state index contributed by atoms with van der Waals surface area (Å²) in [5.74, 6) is 0.733. The van der Waals surface area contributed by atoms with Crippen LogP contribution in [0.15, 0.2) is 40.2 Å². The van der Waals surface area contributed by atoms with Crippen LogP contribution in [-0.2, 0) is 4.79 Å². The van der Waals surface area contributed by atoms with Crippen LogP contribution >= 0.6 is 11.8 Å². The number of piperidine rings is 1. The minimum atomic E-state index is -0.158. The smallest absolute Gasteiger partial charge is 0.221 e. The molecule has 6 nitrogen and oxygen atoms in total. The Labute approximate surface area is 172 Å². The zero-order chi connectivity index (χ0) is 19.8. The number of hydrogen-bond donors (Lipinski definition) is 3. The number of guanidine groups is 1. The molecule has 1 aromatic carbocycles. The van der Waals surface area contributed by atoms with Crippen molar-refractivity contribution < 1.29 is 4.79 Å². The molecule has 28 heavy (non-hydrogen) atoms. The van der Waals surface area contributed by atoms with Gasteiger partial charge in [-0.2, -0.15) is 0 Å². The molecule has 0 radical (unpaired) electrons. The SMILES string of the molecule is CN=C(NCCCN1CCCC(C(N)=O)C1)NCC1(Sc2ccccc2)CC1. The van der Waals surface area contributed by atoms with Gasteiger partial charge in [0.05, 0.1) is 5.92 Å². The lowest BCUT2D eigenvalue weighted by Crippen LogP contribution is -2.44. The molecule has 1 saturated heterocycles. The molecule has 0 bridgehead atoms. The molecule has 1 amide bonds. The molecule has 1 aliphatic heterocycles. The van der Waals surface area contributed by atoms with E-state index in [0.717, 1.165) is 57.9 Å². The summed E-state index contributed by atoms with van der Waals surface area (Å²) in [6.07, 6.45) is 5.50. The topological polar surface area (TPSA) is 82.8 Å². The fourth-order valence-corrected chi connectivity index (χ4v) is 4.90. The highest BCUT2D eigenvalue weighted by Crippen LogP contribution is 2.51. The number of aliphatic imine (C=N–C) groups is 1. The van der Waals surface area contributed by atoms with Crippen molar-refractivity contribution in [1.82, 2.24) is 15.5 Å². The monoisotopic (exact) mass is 403 g/mol.